The fraction of sp³-hybridized carbons (Fsp3) is 0.381. The quantitative estimate of drug-likeness (QED) is 0.794. The van der Waals surface area contributed by atoms with Gasteiger partial charge in [-0.25, -0.2) is 4.98 Å². The Labute approximate surface area is 159 Å². The molecule has 0 bridgehead atoms. The van der Waals surface area contributed by atoms with Gasteiger partial charge in [0, 0.05) is 11.6 Å². The van der Waals surface area contributed by atoms with Gasteiger partial charge in [-0.05, 0) is 31.9 Å². The van der Waals surface area contributed by atoms with Gasteiger partial charge in [0.15, 0.2) is 0 Å². The summed E-state index contributed by atoms with van der Waals surface area (Å²) < 4.78 is 0. The molecule has 0 atom stereocenters. The zero-order valence-electron chi connectivity index (χ0n) is 15.0. The molecule has 1 aromatic heterocycles. The fourth-order valence-corrected chi connectivity index (χ4v) is 3.95. The van der Waals surface area contributed by atoms with Crippen LogP contribution in [0.15, 0.2) is 41.4 Å². The zero-order valence-corrected chi connectivity index (χ0v) is 15.8. The molecule has 26 heavy (non-hydrogen) atoms. The molecule has 3 rings (SSSR count). The first-order valence-corrected chi connectivity index (χ1v) is 10.0. The van der Waals surface area contributed by atoms with E-state index < -0.39 is 0 Å². The summed E-state index contributed by atoms with van der Waals surface area (Å²) in [7, 11) is 0. The molecule has 134 valence electrons. The van der Waals surface area contributed by atoms with Crippen LogP contribution in [0.3, 0.4) is 0 Å². The summed E-state index contributed by atoms with van der Waals surface area (Å²) >= 11 is 1.33. The Morgan fingerprint density at radius 1 is 1.19 bits per heavy atom. The summed E-state index contributed by atoms with van der Waals surface area (Å²) in [5.41, 5.74) is 3.53. The van der Waals surface area contributed by atoms with Crippen molar-refractivity contribution < 1.29 is 4.79 Å². The van der Waals surface area contributed by atoms with Crippen molar-refractivity contribution in [3.63, 3.8) is 0 Å². The predicted octanol–water partition coefficient (Wildman–Crippen LogP) is 4.47. The Morgan fingerprint density at radius 3 is 2.62 bits per heavy atom. The number of aryl methyl sites for hydroxylation is 1. The van der Waals surface area contributed by atoms with Crippen LogP contribution in [0.4, 0.5) is 0 Å². The number of nitrogens with one attached hydrogen (secondary N) is 1. The highest BCUT2D eigenvalue weighted by molar-refractivity contribution is 8.00. The molecule has 0 unspecified atom stereocenters. The first kappa shape index (κ1) is 18.5. The number of amides is 1. The maximum Gasteiger partial charge on any atom is 0.230 e. The normalized spacial score (nSPS) is 14.6. The smallest absolute Gasteiger partial charge is 0.230 e. The molecular formula is C21H23N3OS. The number of nitriles is 1. The van der Waals surface area contributed by atoms with E-state index in [1.165, 1.54) is 36.6 Å². The van der Waals surface area contributed by atoms with Crippen molar-refractivity contribution in [1.82, 2.24) is 10.3 Å². The minimum atomic E-state index is 0.0216. The lowest BCUT2D eigenvalue weighted by molar-refractivity contribution is -0.119. The lowest BCUT2D eigenvalue weighted by Gasteiger charge is -2.22. The summed E-state index contributed by atoms with van der Waals surface area (Å²) in [5.74, 6) is 0.309. The van der Waals surface area contributed by atoms with E-state index >= 15 is 0 Å². The van der Waals surface area contributed by atoms with Crippen molar-refractivity contribution in [1.29, 1.82) is 5.26 Å². The zero-order chi connectivity index (χ0) is 18.4. The molecule has 1 fully saturated rings. The third-order valence-corrected chi connectivity index (χ3v) is 5.63. The van der Waals surface area contributed by atoms with E-state index in [1.807, 2.05) is 37.3 Å². The Bertz CT molecular complexity index is 805. The van der Waals surface area contributed by atoms with Gasteiger partial charge in [0.25, 0.3) is 0 Å². The van der Waals surface area contributed by atoms with Crippen molar-refractivity contribution >= 4 is 17.7 Å². The highest BCUT2D eigenvalue weighted by Crippen LogP contribution is 2.26. The van der Waals surface area contributed by atoms with E-state index in [9.17, 15) is 10.1 Å². The van der Waals surface area contributed by atoms with Crippen molar-refractivity contribution in [2.45, 2.75) is 50.1 Å². The van der Waals surface area contributed by atoms with E-state index in [1.54, 1.807) is 6.07 Å². The van der Waals surface area contributed by atoms with Gasteiger partial charge in [-0.1, -0.05) is 60.9 Å². The Kier molecular flexibility index (Phi) is 6.30. The van der Waals surface area contributed by atoms with Gasteiger partial charge >= 0.3 is 0 Å². The van der Waals surface area contributed by atoms with Crippen molar-refractivity contribution in [3.8, 4) is 17.3 Å². The average Bonchev–Trinajstić information content (AvgIpc) is 2.67. The van der Waals surface area contributed by atoms with Gasteiger partial charge in [0.2, 0.25) is 5.91 Å². The third-order valence-electron chi connectivity index (χ3n) is 4.64. The van der Waals surface area contributed by atoms with E-state index in [-0.39, 0.29) is 11.7 Å². The minimum Gasteiger partial charge on any atom is -0.353 e. The minimum absolute atomic E-state index is 0.0216. The van der Waals surface area contributed by atoms with Crippen LogP contribution >= 0.6 is 11.8 Å². The maximum absolute atomic E-state index is 12.2. The van der Waals surface area contributed by atoms with Crippen LogP contribution in [0.5, 0.6) is 0 Å². The molecule has 1 saturated carbocycles. The molecule has 4 nitrogen and oxygen atoms in total. The van der Waals surface area contributed by atoms with E-state index in [4.69, 9.17) is 0 Å². The first-order chi connectivity index (χ1) is 12.7. The molecule has 1 aromatic carbocycles. The van der Waals surface area contributed by atoms with Crippen molar-refractivity contribution in [2.75, 3.05) is 5.75 Å². The number of benzene rings is 1. The molecule has 1 aliphatic carbocycles. The van der Waals surface area contributed by atoms with Crippen LogP contribution < -0.4 is 5.32 Å². The van der Waals surface area contributed by atoms with Crippen LogP contribution in [0.1, 0.15) is 43.2 Å². The van der Waals surface area contributed by atoms with Crippen LogP contribution in [-0.2, 0) is 4.79 Å². The topological polar surface area (TPSA) is 65.8 Å². The summed E-state index contributed by atoms with van der Waals surface area (Å²) in [4.78, 5) is 16.9. The number of hydrogen-bond acceptors (Lipinski definition) is 4. The molecule has 0 saturated heterocycles. The predicted molar refractivity (Wildman–Crippen MR) is 105 cm³/mol. The highest BCUT2D eigenvalue weighted by Gasteiger charge is 2.16. The number of nitrogens with zero attached hydrogens (tertiary/aromatic N) is 2. The van der Waals surface area contributed by atoms with Crippen molar-refractivity contribution in [2.24, 2.45) is 0 Å². The van der Waals surface area contributed by atoms with E-state index in [2.05, 4.69) is 16.4 Å². The molecule has 2 aromatic rings. The number of thioether (sulfide) groups is 1. The maximum atomic E-state index is 12.2. The molecule has 5 heteroatoms. The second kappa shape index (κ2) is 8.86. The van der Waals surface area contributed by atoms with Crippen LogP contribution in [0, 0.1) is 18.3 Å². The Morgan fingerprint density at radius 2 is 1.92 bits per heavy atom. The van der Waals surface area contributed by atoms with Gasteiger partial charge in [0.05, 0.1) is 17.0 Å². The second-order valence-corrected chi connectivity index (χ2v) is 7.68. The van der Waals surface area contributed by atoms with E-state index in [0.29, 0.717) is 16.6 Å². The first-order valence-electron chi connectivity index (χ1n) is 9.06. The molecule has 1 amide bonds. The largest absolute Gasteiger partial charge is 0.353 e. The van der Waals surface area contributed by atoms with Crippen LogP contribution in [0.25, 0.3) is 11.3 Å². The summed E-state index contributed by atoms with van der Waals surface area (Å²) in [6.45, 7) is 2.04. The van der Waals surface area contributed by atoms with Crippen LogP contribution in [-0.4, -0.2) is 22.7 Å². The lowest BCUT2D eigenvalue weighted by Crippen LogP contribution is -2.37. The Hall–Kier alpha value is -2.32. The SMILES string of the molecule is Cc1ccc(-c2ccc(C#N)c(SCC(=O)NC3CCCCC3)n2)cc1. The van der Waals surface area contributed by atoms with Gasteiger partial charge in [0.1, 0.15) is 11.1 Å². The van der Waals surface area contributed by atoms with Crippen molar-refractivity contribution in [3.05, 3.63) is 47.5 Å². The number of aromatic nitrogens is 1. The number of hydrogen-bond donors (Lipinski definition) is 1. The molecule has 0 radical (unpaired) electrons. The number of pyridine rings is 1. The fourth-order valence-electron chi connectivity index (χ4n) is 3.17. The van der Waals surface area contributed by atoms with Gasteiger partial charge in [-0.3, -0.25) is 4.79 Å². The second-order valence-electron chi connectivity index (χ2n) is 6.72. The summed E-state index contributed by atoms with van der Waals surface area (Å²) in [6, 6.07) is 14.2. The summed E-state index contributed by atoms with van der Waals surface area (Å²) in [6.07, 6.45) is 5.79. The average molecular weight is 366 g/mol. The number of carbonyl (C=O) groups excluding carboxylic acids is 1. The Balaban J connectivity index is 1.67. The molecule has 1 aliphatic rings. The lowest BCUT2D eigenvalue weighted by atomic mass is 9.95. The van der Waals surface area contributed by atoms with Crippen LogP contribution in [0.2, 0.25) is 0 Å². The van der Waals surface area contributed by atoms with Gasteiger partial charge in [-0.2, -0.15) is 5.26 Å². The molecule has 1 N–H and O–H groups in total. The summed E-state index contributed by atoms with van der Waals surface area (Å²) in [5, 5.41) is 13.1. The molecule has 0 spiro atoms. The van der Waals surface area contributed by atoms with Gasteiger partial charge < -0.3 is 5.32 Å². The standard InChI is InChI=1S/C21H23N3OS/c1-15-7-9-16(10-8-15)19-12-11-17(13-22)21(24-19)26-14-20(25)23-18-5-3-2-4-6-18/h7-12,18H,2-6,14H2,1H3,(H,23,25). The highest BCUT2D eigenvalue weighted by atomic mass is 32.2. The third kappa shape index (κ3) is 4.86. The molecular weight excluding hydrogens is 342 g/mol. The number of rotatable bonds is 5. The van der Waals surface area contributed by atoms with Gasteiger partial charge in [-0.15, -0.1) is 0 Å². The molecule has 0 aliphatic heterocycles. The monoisotopic (exact) mass is 365 g/mol. The number of carbonyl (C=O) groups is 1. The molecule has 1 heterocycles. The van der Waals surface area contributed by atoms with E-state index in [0.717, 1.165) is 24.1 Å².